The van der Waals surface area contributed by atoms with Crippen molar-refractivity contribution in [3.8, 4) is 5.75 Å². The van der Waals surface area contributed by atoms with Gasteiger partial charge in [0.1, 0.15) is 17.3 Å². The van der Waals surface area contributed by atoms with Gasteiger partial charge in [0.25, 0.3) is 6.43 Å². The van der Waals surface area contributed by atoms with Gasteiger partial charge in [-0.3, -0.25) is 0 Å². The van der Waals surface area contributed by atoms with E-state index in [1.54, 1.807) is 18.2 Å². The minimum atomic E-state index is -2.52. The molecule has 0 heterocycles. The second-order valence-corrected chi connectivity index (χ2v) is 3.97. The monoisotopic (exact) mass is 295 g/mol. The largest absolute Gasteiger partial charge is 0.487 e. The summed E-state index contributed by atoms with van der Waals surface area (Å²) >= 11 is 8.02. The number of thiocarbonyl (C=S) groups is 1. The van der Waals surface area contributed by atoms with Gasteiger partial charge in [0.2, 0.25) is 0 Å². The average Bonchev–Trinajstić information content (AvgIpc) is 2.13. The molecule has 0 aliphatic heterocycles. The zero-order chi connectivity index (χ0) is 11.4. The highest BCUT2D eigenvalue weighted by Crippen LogP contribution is 2.26. The summed E-state index contributed by atoms with van der Waals surface area (Å²) in [5.41, 5.74) is 5.89. The van der Waals surface area contributed by atoms with Crippen LogP contribution >= 0.6 is 28.1 Å². The molecule has 2 N–H and O–H groups in total. The second kappa shape index (κ2) is 5.37. The Morgan fingerprint density at radius 3 is 2.73 bits per heavy atom. The van der Waals surface area contributed by atoms with E-state index < -0.39 is 13.0 Å². The third-order valence-electron chi connectivity index (χ3n) is 1.59. The lowest BCUT2D eigenvalue weighted by Gasteiger charge is -2.11. The SMILES string of the molecule is NC(=S)c1c(Br)cccc1OCC(F)F. The number of nitrogens with two attached hydrogens (primary N) is 1. The lowest BCUT2D eigenvalue weighted by atomic mass is 10.2. The summed E-state index contributed by atoms with van der Waals surface area (Å²) < 4.78 is 29.4. The van der Waals surface area contributed by atoms with Crippen molar-refractivity contribution in [1.82, 2.24) is 0 Å². The maximum Gasteiger partial charge on any atom is 0.272 e. The molecule has 15 heavy (non-hydrogen) atoms. The topological polar surface area (TPSA) is 35.2 Å². The van der Waals surface area contributed by atoms with Crippen LogP contribution in [0.25, 0.3) is 0 Å². The number of ether oxygens (including phenoxy) is 1. The molecule has 0 bridgehead atoms. The molecule has 82 valence electrons. The lowest BCUT2D eigenvalue weighted by molar-refractivity contribution is 0.0818. The maximum absolute atomic E-state index is 12.0. The van der Waals surface area contributed by atoms with Gasteiger partial charge < -0.3 is 10.5 Å². The third kappa shape index (κ3) is 3.39. The number of alkyl halides is 2. The minimum absolute atomic E-state index is 0.103. The molecule has 0 atom stereocenters. The second-order valence-electron chi connectivity index (χ2n) is 2.68. The molecule has 2 nitrogen and oxygen atoms in total. The molecule has 0 aliphatic rings. The van der Waals surface area contributed by atoms with Crippen LogP contribution in [-0.4, -0.2) is 18.0 Å². The molecule has 0 radical (unpaired) electrons. The molecule has 1 rings (SSSR count). The van der Waals surface area contributed by atoms with Gasteiger partial charge in [-0.15, -0.1) is 0 Å². The van der Waals surface area contributed by atoms with Gasteiger partial charge in [-0.2, -0.15) is 0 Å². The first-order chi connectivity index (χ1) is 7.02. The standard InChI is InChI=1S/C9H8BrF2NOS/c10-5-2-1-3-6(8(5)9(13)15)14-4-7(11)12/h1-3,7H,4H2,(H2,13,15). The van der Waals surface area contributed by atoms with Gasteiger partial charge in [-0.25, -0.2) is 8.78 Å². The highest BCUT2D eigenvalue weighted by molar-refractivity contribution is 9.10. The summed E-state index contributed by atoms with van der Waals surface area (Å²) in [7, 11) is 0. The van der Waals surface area contributed by atoms with E-state index in [4.69, 9.17) is 22.7 Å². The summed E-state index contributed by atoms with van der Waals surface area (Å²) in [6.07, 6.45) is -2.52. The van der Waals surface area contributed by atoms with Crippen LogP contribution < -0.4 is 10.5 Å². The molecule has 1 aromatic carbocycles. The van der Waals surface area contributed by atoms with E-state index in [1.807, 2.05) is 0 Å². The van der Waals surface area contributed by atoms with Crippen LogP contribution in [0.1, 0.15) is 5.56 Å². The van der Waals surface area contributed by atoms with Crippen LogP contribution in [0.2, 0.25) is 0 Å². The molecular weight excluding hydrogens is 288 g/mol. The lowest BCUT2D eigenvalue weighted by Crippen LogP contribution is -2.15. The summed E-state index contributed by atoms with van der Waals surface area (Å²) in [6, 6.07) is 4.91. The average molecular weight is 296 g/mol. The number of hydrogen-bond acceptors (Lipinski definition) is 2. The first-order valence-electron chi connectivity index (χ1n) is 4.01. The quantitative estimate of drug-likeness (QED) is 0.868. The fraction of sp³-hybridized carbons (Fsp3) is 0.222. The van der Waals surface area contributed by atoms with Crippen molar-refractivity contribution in [2.24, 2.45) is 5.73 Å². The number of benzene rings is 1. The Bertz CT molecular complexity index is 373. The van der Waals surface area contributed by atoms with Crippen LogP contribution in [0.4, 0.5) is 8.78 Å². The van der Waals surface area contributed by atoms with Crippen molar-refractivity contribution in [1.29, 1.82) is 0 Å². The van der Waals surface area contributed by atoms with Gasteiger partial charge in [-0.1, -0.05) is 18.3 Å². The molecule has 0 saturated carbocycles. The normalized spacial score (nSPS) is 10.4. The van der Waals surface area contributed by atoms with Crippen molar-refractivity contribution in [2.45, 2.75) is 6.43 Å². The van der Waals surface area contributed by atoms with Crippen LogP contribution in [0.3, 0.4) is 0 Å². The van der Waals surface area contributed by atoms with Crippen LogP contribution in [-0.2, 0) is 0 Å². The predicted octanol–water partition coefficient (Wildman–Crippen LogP) is 2.73. The van der Waals surface area contributed by atoms with E-state index in [9.17, 15) is 8.78 Å². The Labute approximate surface area is 99.5 Å². The third-order valence-corrected chi connectivity index (χ3v) is 2.45. The molecule has 0 aromatic heterocycles. The molecule has 6 heteroatoms. The Morgan fingerprint density at radius 2 is 2.20 bits per heavy atom. The van der Waals surface area contributed by atoms with Crippen LogP contribution in [0.5, 0.6) is 5.75 Å². The molecule has 0 unspecified atom stereocenters. The van der Waals surface area contributed by atoms with Gasteiger partial charge in [0.15, 0.2) is 0 Å². The Morgan fingerprint density at radius 1 is 1.53 bits per heavy atom. The van der Waals surface area contributed by atoms with E-state index >= 15 is 0 Å². The first kappa shape index (κ1) is 12.3. The fourth-order valence-electron chi connectivity index (χ4n) is 1.02. The summed E-state index contributed by atoms with van der Waals surface area (Å²) in [5, 5.41) is 0. The summed E-state index contributed by atoms with van der Waals surface area (Å²) in [6.45, 7) is -0.675. The Hall–Kier alpha value is -0.750. The van der Waals surface area contributed by atoms with Gasteiger partial charge in [-0.05, 0) is 28.1 Å². The molecule has 0 aliphatic carbocycles. The van der Waals surface area contributed by atoms with Gasteiger partial charge in [0, 0.05) is 4.47 Å². The molecule has 0 saturated heterocycles. The molecule has 1 aromatic rings. The Kier molecular flexibility index (Phi) is 4.41. The minimum Gasteiger partial charge on any atom is -0.487 e. The molecule has 0 amide bonds. The molecule has 0 spiro atoms. The maximum atomic E-state index is 12.0. The first-order valence-corrected chi connectivity index (χ1v) is 5.21. The highest BCUT2D eigenvalue weighted by atomic mass is 79.9. The van der Waals surface area contributed by atoms with Crippen molar-refractivity contribution in [3.63, 3.8) is 0 Å². The molecular formula is C9H8BrF2NOS. The van der Waals surface area contributed by atoms with E-state index in [0.717, 1.165) is 0 Å². The van der Waals surface area contributed by atoms with E-state index in [-0.39, 0.29) is 10.7 Å². The van der Waals surface area contributed by atoms with Crippen molar-refractivity contribution in [3.05, 3.63) is 28.2 Å². The summed E-state index contributed by atoms with van der Waals surface area (Å²) in [5.74, 6) is 0.261. The number of rotatable bonds is 4. The van der Waals surface area contributed by atoms with E-state index in [1.165, 1.54) is 0 Å². The fourth-order valence-corrected chi connectivity index (χ4v) is 1.92. The predicted molar refractivity (Wildman–Crippen MR) is 61.5 cm³/mol. The molecule has 0 fully saturated rings. The van der Waals surface area contributed by atoms with E-state index in [2.05, 4.69) is 15.9 Å². The number of hydrogen-bond donors (Lipinski definition) is 1. The van der Waals surface area contributed by atoms with Crippen molar-refractivity contribution >= 4 is 33.1 Å². The van der Waals surface area contributed by atoms with Gasteiger partial charge >= 0.3 is 0 Å². The Balaban J connectivity index is 2.96. The van der Waals surface area contributed by atoms with Gasteiger partial charge in [0.05, 0.1) is 5.56 Å². The number of halogens is 3. The smallest absolute Gasteiger partial charge is 0.272 e. The van der Waals surface area contributed by atoms with Crippen LogP contribution in [0, 0.1) is 0 Å². The van der Waals surface area contributed by atoms with E-state index in [0.29, 0.717) is 10.0 Å². The zero-order valence-electron chi connectivity index (χ0n) is 7.54. The highest BCUT2D eigenvalue weighted by Gasteiger charge is 2.12. The summed E-state index contributed by atoms with van der Waals surface area (Å²) in [4.78, 5) is 0.103. The zero-order valence-corrected chi connectivity index (χ0v) is 9.95. The van der Waals surface area contributed by atoms with Crippen LogP contribution in [0.15, 0.2) is 22.7 Å². The van der Waals surface area contributed by atoms with Crippen molar-refractivity contribution < 1.29 is 13.5 Å². The van der Waals surface area contributed by atoms with Crippen molar-refractivity contribution in [2.75, 3.05) is 6.61 Å².